The topological polar surface area (TPSA) is 53.0 Å². The van der Waals surface area contributed by atoms with Crippen molar-refractivity contribution >= 4 is 10.9 Å². The van der Waals surface area contributed by atoms with Crippen molar-refractivity contribution in [3.8, 4) is 0 Å². The Labute approximate surface area is 187 Å². The van der Waals surface area contributed by atoms with E-state index in [0.29, 0.717) is 6.04 Å². The highest BCUT2D eigenvalue weighted by Gasteiger charge is 2.25. The second kappa shape index (κ2) is 9.22. The number of likely N-dealkylation sites (tertiary alicyclic amines) is 1. The van der Waals surface area contributed by atoms with E-state index in [4.69, 9.17) is 0 Å². The number of hydrogen-bond donors (Lipinski definition) is 1. The third-order valence-electron chi connectivity index (χ3n) is 6.57. The molecule has 4 aromatic rings. The van der Waals surface area contributed by atoms with Crippen molar-refractivity contribution in [2.45, 2.75) is 32.0 Å². The summed E-state index contributed by atoms with van der Waals surface area (Å²) in [6.07, 6.45) is 7.65. The van der Waals surface area contributed by atoms with Crippen molar-refractivity contribution in [1.82, 2.24) is 29.5 Å². The second-order valence-electron chi connectivity index (χ2n) is 8.82. The lowest BCUT2D eigenvalue weighted by Crippen LogP contribution is -2.35. The van der Waals surface area contributed by atoms with Gasteiger partial charge in [-0.25, -0.2) is 14.1 Å². The van der Waals surface area contributed by atoms with Gasteiger partial charge in [-0.05, 0) is 60.8 Å². The van der Waals surface area contributed by atoms with E-state index in [2.05, 4.69) is 56.3 Å². The van der Waals surface area contributed by atoms with Gasteiger partial charge >= 0.3 is 0 Å². The van der Waals surface area contributed by atoms with E-state index >= 15 is 0 Å². The van der Waals surface area contributed by atoms with Crippen LogP contribution in [0, 0.1) is 5.82 Å². The number of nitrogens with zero attached hydrogens (tertiary/aromatic N) is 5. The van der Waals surface area contributed by atoms with Gasteiger partial charge in [0.25, 0.3) is 0 Å². The van der Waals surface area contributed by atoms with Crippen LogP contribution in [0.4, 0.5) is 4.39 Å². The number of benzene rings is 2. The predicted octanol–water partition coefficient (Wildman–Crippen LogP) is 3.70. The van der Waals surface area contributed by atoms with Crippen molar-refractivity contribution in [1.29, 1.82) is 0 Å². The highest BCUT2D eigenvalue weighted by molar-refractivity contribution is 5.83. The maximum Gasteiger partial charge on any atom is 0.137 e. The number of hydrogen-bond acceptors (Lipinski definition) is 4. The van der Waals surface area contributed by atoms with Crippen LogP contribution in [0.3, 0.4) is 0 Å². The fourth-order valence-electron chi connectivity index (χ4n) is 4.68. The number of halogens is 1. The summed E-state index contributed by atoms with van der Waals surface area (Å²) in [7, 11) is 2.23. The largest absolute Gasteiger partial charge is 0.361 e. The van der Waals surface area contributed by atoms with Crippen LogP contribution < -0.4 is 0 Å². The first-order valence-corrected chi connectivity index (χ1v) is 11.2. The number of fused-ring (bicyclic) bond motifs is 1. The minimum Gasteiger partial charge on any atom is -0.361 e. The maximum atomic E-state index is 13.1. The normalized spacial score (nSPS) is 17.0. The molecule has 0 spiro atoms. The molecule has 0 amide bonds. The van der Waals surface area contributed by atoms with Crippen molar-refractivity contribution in [3.63, 3.8) is 0 Å². The van der Waals surface area contributed by atoms with Gasteiger partial charge in [-0.2, -0.15) is 5.10 Å². The predicted molar refractivity (Wildman–Crippen MR) is 124 cm³/mol. The fourth-order valence-corrected chi connectivity index (χ4v) is 4.68. The van der Waals surface area contributed by atoms with Gasteiger partial charge in [0.2, 0.25) is 0 Å². The third kappa shape index (κ3) is 4.74. The van der Waals surface area contributed by atoms with Crippen LogP contribution in [0.1, 0.15) is 23.1 Å². The molecular formula is C25H29FN6. The Kier molecular flexibility index (Phi) is 6.01. The summed E-state index contributed by atoms with van der Waals surface area (Å²) in [5, 5.41) is 5.50. The average Bonchev–Trinajstić information content (AvgIpc) is 3.55. The Balaban J connectivity index is 1.17. The van der Waals surface area contributed by atoms with Gasteiger partial charge in [0.15, 0.2) is 0 Å². The average molecular weight is 433 g/mol. The molecule has 1 fully saturated rings. The van der Waals surface area contributed by atoms with Crippen LogP contribution in [0.15, 0.2) is 61.3 Å². The molecule has 5 rings (SSSR count). The Hall–Kier alpha value is -3.03. The van der Waals surface area contributed by atoms with E-state index < -0.39 is 0 Å². The zero-order chi connectivity index (χ0) is 21.9. The van der Waals surface area contributed by atoms with E-state index in [1.165, 1.54) is 34.0 Å². The summed E-state index contributed by atoms with van der Waals surface area (Å²) < 4.78 is 15.0. The number of H-pyrrole nitrogens is 1. The molecule has 0 bridgehead atoms. The first-order chi connectivity index (χ1) is 15.6. The van der Waals surface area contributed by atoms with Gasteiger partial charge in [-0.3, -0.25) is 4.90 Å². The van der Waals surface area contributed by atoms with Gasteiger partial charge in [0, 0.05) is 49.3 Å². The van der Waals surface area contributed by atoms with E-state index in [-0.39, 0.29) is 5.82 Å². The number of aromatic nitrogens is 4. The monoisotopic (exact) mass is 432 g/mol. The molecular weight excluding hydrogens is 403 g/mol. The summed E-state index contributed by atoms with van der Waals surface area (Å²) in [5.41, 5.74) is 4.93. The Morgan fingerprint density at radius 1 is 1.12 bits per heavy atom. The minimum atomic E-state index is -0.171. The molecule has 1 saturated heterocycles. The van der Waals surface area contributed by atoms with Crippen molar-refractivity contribution in [3.05, 3.63) is 83.8 Å². The highest BCUT2D eigenvalue weighted by atomic mass is 19.1. The quantitative estimate of drug-likeness (QED) is 0.461. The Morgan fingerprint density at radius 2 is 1.97 bits per heavy atom. The summed E-state index contributed by atoms with van der Waals surface area (Å²) >= 11 is 0. The van der Waals surface area contributed by atoms with Gasteiger partial charge in [0.05, 0.1) is 6.54 Å². The first-order valence-electron chi connectivity index (χ1n) is 11.2. The minimum absolute atomic E-state index is 0.171. The molecule has 6 nitrogen and oxygen atoms in total. The zero-order valence-corrected chi connectivity index (χ0v) is 18.4. The SMILES string of the molecule is CN(CCc1c[nH]c2ccc(Cn3cncn3)cc12)[C@@H]1CCN(Cc2ccc(F)cc2)C1. The molecule has 1 aliphatic heterocycles. The van der Waals surface area contributed by atoms with Crippen LogP contribution in [-0.4, -0.2) is 62.3 Å². The number of aromatic amines is 1. The number of rotatable bonds is 8. The molecule has 0 radical (unpaired) electrons. The third-order valence-corrected chi connectivity index (χ3v) is 6.57. The molecule has 32 heavy (non-hydrogen) atoms. The van der Waals surface area contributed by atoms with Crippen molar-refractivity contribution in [2.24, 2.45) is 0 Å². The molecule has 0 unspecified atom stereocenters. The molecule has 1 atom stereocenters. The van der Waals surface area contributed by atoms with Crippen LogP contribution in [-0.2, 0) is 19.5 Å². The molecule has 2 aromatic heterocycles. The first kappa shape index (κ1) is 20.8. The summed E-state index contributed by atoms with van der Waals surface area (Å²) in [6, 6.07) is 14.0. The second-order valence-corrected chi connectivity index (χ2v) is 8.82. The van der Waals surface area contributed by atoms with Crippen LogP contribution >= 0.6 is 0 Å². The number of likely N-dealkylation sites (N-methyl/N-ethyl adjacent to an activating group) is 1. The van der Waals surface area contributed by atoms with Crippen LogP contribution in [0.5, 0.6) is 0 Å². The molecule has 7 heteroatoms. The number of nitrogens with one attached hydrogen (secondary N) is 1. The molecule has 166 valence electrons. The lowest BCUT2D eigenvalue weighted by molar-refractivity contribution is 0.231. The van der Waals surface area contributed by atoms with Crippen molar-refractivity contribution < 1.29 is 4.39 Å². The fraction of sp³-hybridized carbons (Fsp3) is 0.360. The summed E-state index contributed by atoms with van der Waals surface area (Å²) in [4.78, 5) is 12.4. The lowest BCUT2D eigenvalue weighted by atomic mass is 10.1. The van der Waals surface area contributed by atoms with Gasteiger partial charge < -0.3 is 9.88 Å². The molecule has 0 saturated carbocycles. The van der Waals surface area contributed by atoms with Gasteiger partial charge in [-0.1, -0.05) is 18.2 Å². The lowest BCUT2D eigenvalue weighted by Gasteiger charge is -2.24. The van der Waals surface area contributed by atoms with E-state index in [9.17, 15) is 4.39 Å². The zero-order valence-electron chi connectivity index (χ0n) is 18.4. The molecule has 2 aromatic carbocycles. The molecule has 3 heterocycles. The van der Waals surface area contributed by atoms with E-state index in [1.807, 2.05) is 16.8 Å². The van der Waals surface area contributed by atoms with E-state index in [1.54, 1.807) is 24.8 Å². The maximum absolute atomic E-state index is 13.1. The molecule has 1 aliphatic rings. The summed E-state index contributed by atoms with van der Waals surface area (Å²) in [5.74, 6) is -0.171. The van der Waals surface area contributed by atoms with Gasteiger partial charge in [-0.15, -0.1) is 0 Å². The Morgan fingerprint density at radius 3 is 2.78 bits per heavy atom. The van der Waals surface area contributed by atoms with Crippen LogP contribution in [0.25, 0.3) is 10.9 Å². The standard InChI is InChI=1S/C25H29FN6/c1-30(23-9-11-31(16-23)14-19-2-5-22(26)6-3-19)10-8-21-13-28-25-7-4-20(12-24(21)25)15-32-18-27-17-29-32/h2-7,12-13,17-18,23,28H,8-11,14-16H2,1H3/t23-/m1/s1. The van der Waals surface area contributed by atoms with Gasteiger partial charge in [0.1, 0.15) is 18.5 Å². The highest BCUT2D eigenvalue weighted by Crippen LogP contribution is 2.22. The molecule has 1 N–H and O–H groups in total. The van der Waals surface area contributed by atoms with E-state index in [0.717, 1.165) is 39.1 Å². The smallest absolute Gasteiger partial charge is 0.137 e. The summed E-state index contributed by atoms with van der Waals surface area (Å²) in [6.45, 7) is 4.79. The van der Waals surface area contributed by atoms with Crippen LogP contribution in [0.2, 0.25) is 0 Å². The molecule has 0 aliphatic carbocycles. The van der Waals surface area contributed by atoms with Crippen molar-refractivity contribution in [2.75, 3.05) is 26.7 Å². The Bertz CT molecular complexity index is 1150.